The summed E-state index contributed by atoms with van der Waals surface area (Å²) in [6.07, 6.45) is -4.76. The highest BCUT2D eigenvalue weighted by Crippen LogP contribution is 2.27. The standard InChI is InChI=1S/C22H18F3N3O2S/c1-27(12-16-9-5-6-10-19(16)30-22(23,24)25)13-17-11-20(29)28-18(14-31-21(28)26-17)15-7-3-2-4-8-15/h2-11,14H,12-13H2,1H3. The average molecular weight is 445 g/mol. The van der Waals surface area contributed by atoms with Crippen LogP contribution in [-0.2, 0) is 13.1 Å². The van der Waals surface area contributed by atoms with Crippen LogP contribution in [0.4, 0.5) is 13.2 Å². The SMILES string of the molecule is CN(Cc1cc(=O)n2c(-c3ccccc3)csc2n1)Cc1ccccc1OC(F)(F)F. The Bertz CT molecular complexity index is 1250. The first kappa shape index (κ1) is 21.1. The van der Waals surface area contributed by atoms with Crippen LogP contribution in [0.15, 0.2) is 70.8 Å². The van der Waals surface area contributed by atoms with Crippen LogP contribution in [0.25, 0.3) is 16.2 Å². The number of hydrogen-bond acceptors (Lipinski definition) is 5. The van der Waals surface area contributed by atoms with Gasteiger partial charge in [0.25, 0.3) is 5.56 Å². The van der Waals surface area contributed by atoms with Crippen molar-refractivity contribution in [3.05, 3.63) is 87.7 Å². The van der Waals surface area contributed by atoms with Crippen molar-refractivity contribution in [3.8, 4) is 17.0 Å². The van der Waals surface area contributed by atoms with Gasteiger partial charge >= 0.3 is 6.36 Å². The third kappa shape index (κ3) is 4.95. The second kappa shape index (κ2) is 8.52. The number of thiazole rings is 1. The molecular formula is C22H18F3N3O2S. The molecule has 2 aromatic carbocycles. The maximum absolute atomic E-state index is 12.8. The number of alkyl halides is 3. The molecule has 0 saturated heterocycles. The Balaban J connectivity index is 1.55. The van der Waals surface area contributed by atoms with Crippen molar-refractivity contribution in [1.82, 2.24) is 14.3 Å². The second-order valence-corrected chi connectivity index (χ2v) is 7.86. The lowest BCUT2D eigenvalue weighted by molar-refractivity contribution is -0.275. The number of halogens is 3. The number of hydrogen-bond donors (Lipinski definition) is 0. The number of aromatic nitrogens is 2. The fourth-order valence-corrected chi connectivity index (χ4v) is 4.26. The van der Waals surface area contributed by atoms with E-state index in [-0.39, 0.29) is 17.9 Å². The number of rotatable bonds is 6. The van der Waals surface area contributed by atoms with Gasteiger partial charge < -0.3 is 4.74 Å². The molecule has 31 heavy (non-hydrogen) atoms. The normalized spacial score (nSPS) is 11.9. The third-order valence-electron chi connectivity index (χ3n) is 4.60. The Hall–Kier alpha value is -3.17. The number of nitrogens with zero attached hydrogens (tertiary/aromatic N) is 3. The number of ether oxygens (including phenoxy) is 1. The van der Waals surface area contributed by atoms with Crippen molar-refractivity contribution >= 4 is 16.3 Å². The molecule has 0 bridgehead atoms. The predicted octanol–water partition coefficient (Wildman–Crippen LogP) is 4.95. The monoisotopic (exact) mass is 445 g/mol. The van der Waals surface area contributed by atoms with Crippen molar-refractivity contribution in [2.75, 3.05) is 7.05 Å². The maximum atomic E-state index is 12.8. The van der Waals surface area contributed by atoms with Crippen molar-refractivity contribution in [1.29, 1.82) is 0 Å². The van der Waals surface area contributed by atoms with Gasteiger partial charge in [0.15, 0.2) is 4.96 Å². The molecule has 0 saturated carbocycles. The minimum atomic E-state index is -4.76. The molecule has 2 heterocycles. The lowest BCUT2D eigenvalue weighted by atomic mass is 10.2. The van der Waals surface area contributed by atoms with E-state index in [0.717, 1.165) is 11.3 Å². The fourth-order valence-electron chi connectivity index (χ4n) is 3.34. The molecule has 0 radical (unpaired) electrons. The van der Waals surface area contributed by atoms with Crippen LogP contribution in [0.1, 0.15) is 11.3 Å². The summed E-state index contributed by atoms with van der Waals surface area (Å²) in [5.74, 6) is -0.240. The lowest BCUT2D eigenvalue weighted by Gasteiger charge is -2.19. The van der Waals surface area contributed by atoms with Crippen LogP contribution in [0, 0.1) is 0 Å². The summed E-state index contributed by atoms with van der Waals surface area (Å²) < 4.78 is 43.6. The summed E-state index contributed by atoms with van der Waals surface area (Å²) in [4.78, 5) is 19.7. The summed E-state index contributed by atoms with van der Waals surface area (Å²) in [5.41, 5.74) is 2.43. The van der Waals surface area contributed by atoms with Crippen LogP contribution in [0.3, 0.4) is 0 Å². The largest absolute Gasteiger partial charge is 0.573 e. The summed E-state index contributed by atoms with van der Waals surface area (Å²) in [7, 11) is 1.75. The maximum Gasteiger partial charge on any atom is 0.573 e. The Morgan fingerprint density at radius 3 is 2.52 bits per heavy atom. The van der Waals surface area contributed by atoms with Gasteiger partial charge in [-0.05, 0) is 18.7 Å². The molecule has 9 heteroatoms. The van der Waals surface area contributed by atoms with Crippen LogP contribution in [0.2, 0.25) is 0 Å². The van der Waals surface area contributed by atoms with Crippen molar-refractivity contribution in [3.63, 3.8) is 0 Å². The van der Waals surface area contributed by atoms with Crippen LogP contribution < -0.4 is 10.3 Å². The third-order valence-corrected chi connectivity index (χ3v) is 5.42. The molecule has 0 N–H and O–H groups in total. The molecule has 0 aliphatic rings. The molecule has 4 aromatic rings. The number of fused-ring (bicyclic) bond motifs is 1. The fraction of sp³-hybridized carbons (Fsp3) is 0.182. The van der Waals surface area contributed by atoms with E-state index in [1.54, 1.807) is 28.5 Å². The second-order valence-electron chi connectivity index (χ2n) is 7.02. The molecule has 160 valence electrons. The van der Waals surface area contributed by atoms with E-state index in [9.17, 15) is 18.0 Å². The molecule has 2 aromatic heterocycles. The highest BCUT2D eigenvalue weighted by Gasteiger charge is 2.32. The van der Waals surface area contributed by atoms with Gasteiger partial charge in [0.2, 0.25) is 0 Å². The predicted molar refractivity (Wildman–Crippen MR) is 113 cm³/mol. The zero-order valence-electron chi connectivity index (χ0n) is 16.5. The molecule has 4 rings (SSSR count). The first-order chi connectivity index (χ1) is 14.8. The minimum Gasteiger partial charge on any atom is -0.405 e. The van der Waals surface area contributed by atoms with Crippen LogP contribution in [-0.4, -0.2) is 27.7 Å². The number of para-hydroxylation sites is 1. The van der Waals surface area contributed by atoms with Gasteiger partial charge in [-0.15, -0.1) is 24.5 Å². The highest BCUT2D eigenvalue weighted by atomic mass is 32.1. The van der Waals surface area contributed by atoms with Gasteiger partial charge in [0.1, 0.15) is 5.75 Å². The van der Waals surface area contributed by atoms with E-state index >= 15 is 0 Å². The summed E-state index contributed by atoms with van der Waals surface area (Å²) in [6, 6.07) is 17.0. The topological polar surface area (TPSA) is 46.8 Å². The van der Waals surface area contributed by atoms with Gasteiger partial charge in [0.05, 0.1) is 11.4 Å². The molecule has 0 atom stereocenters. The van der Waals surface area contributed by atoms with E-state index in [1.807, 2.05) is 35.7 Å². The Morgan fingerprint density at radius 1 is 1.06 bits per heavy atom. The van der Waals surface area contributed by atoms with Crippen LogP contribution in [0.5, 0.6) is 5.75 Å². The first-order valence-corrected chi connectivity index (χ1v) is 10.3. The molecule has 0 aliphatic heterocycles. The van der Waals surface area contributed by atoms with E-state index in [1.165, 1.54) is 29.5 Å². The van der Waals surface area contributed by atoms with E-state index in [0.29, 0.717) is 22.8 Å². The first-order valence-electron chi connectivity index (χ1n) is 9.38. The van der Waals surface area contributed by atoms with Crippen molar-refractivity contribution in [2.24, 2.45) is 0 Å². The average Bonchev–Trinajstić information content (AvgIpc) is 3.13. The quantitative estimate of drug-likeness (QED) is 0.421. The van der Waals surface area contributed by atoms with Gasteiger partial charge in [0, 0.05) is 30.1 Å². The minimum absolute atomic E-state index is 0.200. The Labute approximate surface area is 180 Å². The smallest absolute Gasteiger partial charge is 0.405 e. The van der Waals surface area contributed by atoms with Gasteiger partial charge in [-0.25, -0.2) is 4.98 Å². The van der Waals surface area contributed by atoms with Gasteiger partial charge in [-0.2, -0.15) is 0 Å². The summed E-state index contributed by atoms with van der Waals surface area (Å²) in [6.45, 7) is 0.498. The molecule has 0 unspecified atom stereocenters. The molecule has 0 aliphatic carbocycles. The molecule has 0 spiro atoms. The Morgan fingerprint density at radius 2 is 1.77 bits per heavy atom. The molecule has 0 fully saturated rings. The lowest BCUT2D eigenvalue weighted by Crippen LogP contribution is -2.23. The molecular weight excluding hydrogens is 427 g/mol. The zero-order chi connectivity index (χ0) is 22.0. The summed E-state index contributed by atoms with van der Waals surface area (Å²) in [5, 5.41) is 1.89. The molecule has 5 nitrogen and oxygen atoms in total. The summed E-state index contributed by atoms with van der Waals surface area (Å²) >= 11 is 1.37. The van der Waals surface area contributed by atoms with E-state index in [4.69, 9.17) is 0 Å². The van der Waals surface area contributed by atoms with Crippen molar-refractivity contribution in [2.45, 2.75) is 19.5 Å². The number of benzene rings is 2. The van der Waals surface area contributed by atoms with Crippen molar-refractivity contribution < 1.29 is 17.9 Å². The van der Waals surface area contributed by atoms with E-state index < -0.39 is 6.36 Å². The Kier molecular flexibility index (Phi) is 5.79. The van der Waals surface area contributed by atoms with Gasteiger partial charge in [-0.3, -0.25) is 14.1 Å². The van der Waals surface area contributed by atoms with Crippen LogP contribution >= 0.6 is 11.3 Å². The van der Waals surface area contributed by atoms with Gasteiger partial charge in [-0.1, -0.05) is 48.5 Å². The highest BCUT2D eigenvalue weighted by molar-refractivity contribution is 7.15. The molecule has 0 amide bonds. The van der Waals surface area contributed by atoms with E-state index in [2.05, 4.69) is 9.72 Å². The zero-order valence-corrected chi connectivity index (χ0v) is 17.3.